The summed E-state index contributed by atoms with van der Waals surface area (Å²) in [7, 11) is 1.54. The number of hydrogen-bond acceptors (Lipinski definition) is 4. The van der Waals surface area contributed by atoms with E-state index in [9.17, 15) is 4.79 Å². The van der Waals surface area contributed by atoms with Crippen LogP contribution in [0.4, 0.5) is 0 Å². The molecule has 2 aromatic carbocycles. The average Bonchev–Trinajstić information content (AvgIpc) is 2.75. The van der Waals surface area contributed by atoms with Crippen LogP contribution >= 0.6 is 0 Å². The number of nitriles is 1. The highest BCUT2D eigenvalue weighted by atomic mass is 16.5. The summed E-state index contributed by atoms with van der Waals surface area (Å²) >= 11 is 0. The lowest BCUT2D eigenvalue weighted by molar-refractivity contribution is -0.120. The molecule has 0 heterocycles. The van der Waals surface area contributed by atoms with Crippen LogP contribution in [0.15, 0.2) is 36.4 Å². The van der Waals surface area contributed by atoms with Crippen LogP contribution in [0.2, 0.25) is 0 Å². The number of carbonyl (C=O) groups is 1. The highest BCUT2D eigenvalue weighted by molar-refractivity contribution is 5.78. The summed E-state index contributed by atoms with van der Waals surface area (Å²) in [5.41, 5.74) is 5.01. The fourth-order valence-electron chi connectivity index (χ4n) is 3.33. The molecule has 154 valence electrons. The summed E-state index contributed by atoms with van der Waals surface area (Å²) in [6.45, 7) is 4.98. The lowest BCUT2D eigenvalue weighted by atomic mass is 9.98. The van der Waals surface area contributed by atoms with Gasteiger partial charge in [-0.2, -0.15) is 5.26 Å². The van der Waals surface area contributed by atoms with Gasteiger partial charge < -0.3 is 14.8 Å². The maximum atomic E-state index is 12.2. The standard InChI is InChI=1S/C24H30N2O3/c1-4-20-10-8-18(15-21(20)5-2)7-6-13-26-24(27)17-19-9-11-22(29-14-12-25)23(16-19)28-3/h8-11,15-16H,4-7,13-14,17H2,1-3H3,(H,26,27). The van der Waals surface area contributed by atoms with Crippen molar-refractivity contribution in [3.05, 3.63) is 58.7 Å². The second-order valence-corrected chi connectivity index (χ2v) is 6.87. The predicted octanol–water partition coefficient (Wildman–Crippen LogP) is 4.01. The zero-order valence-electron chi connectivity index (χ0n) is 17.6. The van der Waals surface area contributed by atoms with E-state index in [1.807, 2.05) is 12.1 Å². The van der Waals surface area contributed by atoms with Crippen molar-refractivity contribution < 1.29 is 14.3 Å². The van der Waals surface area contributed by atoms with Crippen LogP contribution in [-0.2, 0) is 30.5 Å². The van der Waals surface area contributed by atoms with Gasteiger partial charge in [0.15, 0.2) is 18.1 Å². The van der Waals surface area contributed by atoms with Crippen molar-refractivity contribution in [1.82, 2.24) is 5.32 Å². The molecule has 5 heteroatoms. The highest BCUT2D eigenvalue weighted by Crippen LogP contribution is 2.28. The van der Waals surface area contributed by atoms with E-state index in [1.165, 1.54) is 23.8 Å². The maximum absolute atomic E-state index is 12.2. The summed E-state index contributed by atoms with van der Waals surface area (Å²) in [6.07, 6.45) is 4.26. The lowest BCUT2D eigenvalue weighted by Gasteiger charge is -2.11. The predicted molar refractivity (Wildman–Crippen MR) is 114 cm³/mol. The topological polar surface area (TPSA) is 71.3 Å². The molecule has 5 nitrogen and oxygen atoms in total. The smallest absolute Gasteiger partial charge is 0.224 e. The van der Waals surface area contributed by atoms with Crippen molar-refractivity contribution in [2.75, 3.05) is 20.3 Å². The Bertz CT molecular complexity index is 856. The van der Waals surface area contributed by atoms with E-state index in [4.69, 9.17) is 14.7 Å². The SMILES string of the molecule is CCc1ccc(CCCNC(=O)Cc2ccc(OCC#N)c(OC)c2)cc1CC. The molecule has 0 saturated heterocycles. The number of benzene rings is 2. The number of hydrogen-bond donors (Lipinski definition) is 1. The second kappa shape index (κ2) is 11.8. The van der Waals surface area contributed by atoms with Gasteiger partial charge in [-0.3, -0.25) is 4.79 Å². The molecule has 1 N–H and O–H groups in total. The summed E-state index contributed by atoms with van der Waals surface area (Å²) in [4.78, 5) is 12.2. The number of carbonyl (C=O) groups excluding carboxylic acids is 1. The number of methoxy groups -OCH3 is 1. The molecule has 0 fully saturated rings. The highest BCUT2D eigenvalue weighted by Gasteiger charge is 2.09. The average molecular weight is 395 g/mol. The van der Waals surface area contributed by atoms with Crippen molar-refractivity contribution in [1.29, 1.82) is 5.26 Å². The molecule has 0 aliphatic rings. The quantitative estimate of drug-likeness (QED) is 0.585. The number of rotatable bonds is 11. The van der Waals surface area contributed by atoms with Crippen LogP contribution in [0.1, 0.15) is 42.5 Å². The fraction of sp³-hybridized carbons (Fsp3) is 0.417. The Hall–Kier alpha value is -3.00. The Morgan fingerprint density at radius 3 is 2.48 bits per heavy atom. The third-order valence-corrected chi connectivity index (χ3v) is 4.88. The normalized spacial score (nSPS) is 10.3. The number of ether oxygens (including phenoxy) is 2. The van der Waals surface area contributed by atoms with Crippen molar-refractivity contribution in [2.24, 2.45) is 0 Å². The molecule has 2 aromatic rings. The van der Waals surface area contributed by atoms with Crippen molar-refractivity contribution in [3.63, 3.8) is 0 Å². The van der Waals surface area contributed by atoms with Crippen molar-refractivity contribution >= 4 is 5.91 Å². The van der Waals surface area contributed by atoms with Gasteiger partial charge in [0.1, 0.15) is 6.07 Å². The third kappa shape index (κ3) is 6.83. The van der Waals surface area contributed by atoms with Gasteiger partial charge in [-0.15, -0.1) is 0 Å². The van der Waals surface area contributed by atoms with E-state index in [-0.39, 0.29) is 18.9 Å². The zero-order chi connectivity index (χ0) is 21.1. The summed E-state index contributed by atoms with van der Waals surface area (Å²) in [6, 6.07) is 14.0. The molecule has 0 aliphatic heterocycles. The van der Waals surface area contributed by atoms with E-state index in [0.29, 0.717) is 18.0 Å². The first-order valence-corrected chi connectivity index (χ1v) is 10.1. The lowest BCUT2D eigenvalue weighted by Crippen LogP contribution is -2.26. The summed E-state index contributed by atoms with van der Waals surface area (Å²) < 4.78 is 10.6. The van der Waals surface area contributed by atoms with Gasteiger partial charge in [0.2, 0.25) is 5.91 Å². The Morgan fingerprint density at radius 1 is 1.03 bits per heavy atom. The molecule has 0 spiro atoms. The van der Waals surface area contributed by atoms with Gasteiger partial charge >= 0.3 is 0 Å². The molecule has 0 aliphatic carbocycles. The number of nitrogens with one attached hydrogen (secondary N) is 1. The molecule has 2 rings (SSSR count). The van der Waals surface area contributed by atoms with Crippen molar-refractivity contribution in [2.45, 2.75) is 46.0 Å². The molecule has 0 bridgehead atoms. The third-order valence-electron chi connectivity index (χ3n) is 4.88. The minimum atomic E-state index is -0.0445. The molecule has 0 radical (unpaired) electrons. The van der Waals surface area contributed by atoms with Gasteiger partial charge in [0.05, 0.1) is 13.5 Å². The van der Waals surface area contributed by atoms with Gasteiger partial charge in [0, 0.05) is 6.54 Å². The van der Waals surface area contributed by atoms with E-state index >= 15 is 0 Å². The first-order valence-electron chi connectivity index (χ1n) is 10.1. The molecule has 0 aromatic heterocycles. The number of nitrogens with zero attached hydrogens (tertiary/aromatic N) is 1. The van der Waals surface area contributed by atoms with Crippen LogP contribution in [0.25, 0.3) is 0 Å². The van der Waals surface area contributed by atoms with Gasteiger partial charge in [0.25, 0.3) is 0 Å². The monoisotopic (exact) mass is 394 g/mol. The van der Waals surface area contributed by atoms with Gasteiger partial charge in [-0.05, 0) is 60.1 Å². The fourth-order valence-corrected chi connectivity index (χ4v) is 3.33. The molecule has 1 amide bonds. The number of aryl methyl sites for hydroxylation is 3. The van der Waals surface area contributed by atoms with Gasteiger partial charge in [-0.1, -0.05) is 38.1 Å². The Kier molecular flexibility index (Phi) is 9.04. The van der Waals surface area contributed by atoms with E-state index in [1.54, 1.807) is 12.1 Å². The zero-order valence-corrected chi connectivity index (χ0v) is 17.6. The van der Waals surface area contributed by atoms with Crippen LogP contribution in [0, 0.1) is 11.3 Å². The maximum Gasteiger partial charge on any atom is 0.224 e. The summed E-state index contributed by atoms with van der Waals surface area (Å²) in [5.74, 6) is 1.000. The second-order valence-electron chi connectivity index (χ2n) is 6.87. The van der Waals surface area contributed by atoms with Crippen LogP contribution in [0.3, 0.4) is 0 Å². The van der Waals surface area contributed by atoms with Crippen molar-refractivity contribution in [3.8, 4) is 17.6 Å². The minimum Gasteiger partial charge on any atom is -0.493 e. The molecular weight excluding hydrogens is 364 g/mol. The van der Waals surface area contributed by atoms with E-state index in [0.717, 1.165) is 31.2 Å². The Morgan fingerprint density at radius 2 is 1.79 bits per heavy atom. The van der Waals surface area contributed by atoms with Crippen LogP contribution in [0.5, 0.6) is 11.5 Å². The molecular formula is C24H30N2O3. The Balaban J connectivity index is 1.81. The molecule has 0 atom stereocenters. The molecule has 0 unspecified atom stereocenters. The largest absolute Gasteiger partial charge is 0.493 e. The van der Waals surface area contributed by atoms with Crippen LogP contribution in [-0.4, -0.2) is 26.2 Å². The molecule has 29 heavy (non-hydrogen) atoms. The van der Waals surface area contributed by atoms with E-state index < -0.39 is 0 Å². The number of amides is 1. The van der Waals surface area contributed by atoms with E-state index in [2.05, 4.69) is 37.4 Å². The minimum absolute atomic E-state index is 0.0201. The van der Waals surface area contributed by atoms with Crippen LogP contribution < -0.4 is 14.8 Å². The first-order chi connectivity index (χ1) is 14.1. The Labute approximate surface area is 173 Å². The molecule has 0 saturated carbocycles. The first kappa shape index (κ1) is 22.3. The van der Waals surface area contributed by atoms with Gasteiger partial charge in [-0.25, -0.2) is 0 Å². The summed E-state index contributed by atoms with van der Waals surface area (Å²) in [5, 5.41) is 11.6.